The van der Waals surface area contributed by atoms with Crippen LogP contribution in [0.4, 0.5) is 0 Å². The van der Waals surface area contributed by atoms with Crippen molar-refractivity contribution < 1.29 is 0 Å². The third-order valence-corrected chi connectivity index (χ3v) is 4.63. The largest absolute Gasteiger partial charge is 0.332 e. The second kappa shape index (κ2) is 5.98. The van der Waals surface area contributed by atoms with E-state index in [1.807, 2.05) is 35.8 Å². The van der Waals surface area contributed by atoms with E-state index >= 15 is 0 Å². The second-order valence-corrected chi connectivity index (χ2v) is 6.14. The summed E-state index contributed by atoms with van der Waals surface area (Å²) in [6.45, 7) is 6.60. The summed E-state index contributed by atoms with van der Waals surface area (Å²) >= 11 is 5.90. The van der Waals surface area contributed by atoms with Gasteiger partial charge in [0.2, 0.25) is 5.78 Å². The van der Waals surface area contributed by atoms with Crippen molar-refractivity contribution >= 4 is 28.5 Å². The molecule has 0 aliphatic carbocycles. The van der Waals surface area contributed by atoms with Crippen LogP contribution in [-0.4, -0.2) is 29.0 Å². The van der Waals surface area contributed by atoms with Crippen molar-refractivity contribution in [3.8, 4) is 0 Å². The van der Waals surface area contributed by atoms with E-state index < -0.39 is 0 Å². The fourth-order valence-corrected chi connectivity index (χ4v) is 3.21. The number of aromatic nitrogens is 5. The highest BCUT2D eigenvalue weighted by Gasteiger charge is 2.21. The number of alkyl halides is 1. The van der Waals surface area contributed by atoms with Crippen molar-refractivity contribution in [2.24, 2.45) is 7.05 Å². The normalized spacial score (nSPS) is 12.2. The first kappa shape index (κ1) is 16.6. The van der Waals surface area contributed by atoms with Gasteiger partial charge in [-0.15, -0.1) is 11.6 Å². The average Bonchev–Trinajstić information content (AvgIpc) is 3.05. The van der Waals surface area contributed by atoms with Crippen LogP contribution in [0, 0.1) is 13.8 Å². The summed E-state index contributed by atoms with van der Waals surface area (Å²) in [4.78, 5) is 30.0. The van der Waals surface area contributed by atoms with E-state index in [0.717, 1.165) is 11.4 Å². The van der Waals surface area contributed by atoms with Crippen LogP contribution in [0.25, 0.3) is 16.9 Å². The van der Waals surface area contributed by atoms with Gasteiger partial charge in [0.1, 0.15) is 0 Å². The molecule has 128 valence electrons. The van der Waals surface area contributed by atoms with Crippen LogP contribution in [0.5, 0.6) is 0 Å². The van der Waals surface area contributed by atoms with E-state index in [1.165, 1.54) is 9.13 Å². The van der Waals surface area contributed by atoms with E-state index in [-0.39, 0.29) is 17.8 Å². The molecule has 8 heteroatoms. The summed E-state index contributed by atoms with van der Waals surface area (Å²) in [6, 6.07) is 0. The fraction of sp³-hybridized carbons (Fsp3) is 0.438. The Kier molecular flexibility index (Phi) is 4.13. The van der Waals surface area contributed by atoms with Gasteiger partial charge in [-0.05, 0) is 20.8 Å². The maximum atomic E-state index is 12.9. The van der Waals surface area contributed by atoms with Crippen molar-refractivity contribution in [3.05, 3.63) is 44.4 Å². The molecule has 0 bridgehead atoms. The lowest BCUT2D eigenvalue weighted by atomic mass is 10.3. The van der Waals surface area contributed by atoms with E-state index in [2.05, 4.69) is 4.98 Å². The lowest BCUT2D eigenvalue weighted by Crippen LogP contribution is -2.39. The number of rotatable bonds is 4. The highest BCUT2D eigenvalue weighted by atomic mass is 35.5. The molecular formula is C16H20ClN5O2. The summed E-state index contributed by atoms with van der Waals surface area (Å²) in [5.41, 5.74) is 2.04. The summed E-state index contributed by atoms with van der Waals surface area (Å²) in [5.74, 6) is 1.08. The number of halogens is 1. The molecule has 7 nitrogen and oxygen atoms in total. The van der Waals surface area contributed by atoms with E-state index in [1.54, 1.807) is 13.1 Å². The quantitative estimate of drug-likeness (QED) is 0.530. The van der Waals surface area contributed by atoms with Crippen LogP contribution in [-0.2, 0) is 20.1 Å². The van der Waals surface area contributed by atoms with Crippen molar-refractivity contribution in [1.29, 1.82) is 0 Å². The standard InChI is InChI=1S/C16H20ClN5O2/c1-5-6-8-21-14(23)12-13(19(4)16(21)24)18-15-20(9-7-17)10(2)11(3)22(12)15/h5-6H,7-9H2,1-4H3. The van der Waals surface area contributed by atoms with Crippen molar-refractivity contribution in [2.45, 2.75) is 33.9 Å². The second-order valence-electron chi connectivity index (χ2n) is 5.76. The van der Waals surface area contributed by atoms with Gasteiger partial charge in [-0.2, -0.15) is 4.98 Å². The Hall–Kier alpha value is -2.28. The van der Waals surface area contributed by atoms with Gasteiger partial charge in [0.25, 0.3) is 5.56 Å². The molecule has 3 aromatic heterocycles. The molecule has 0 aliphatic heterocycles. The average molecular weight is 350 g/mol. The van der Waals surface area contributed by atoms with Gasteiger partial charge in [-0.3, -0.25) is 18.3 Å². The summed E-state index contributed by atoms with van der Waals surface area (Å²) in [5, 5.41) is 0. The molecule has 0 aromatic carbocycles. The first-order valence-electron chi connectivity index (χ1n) is 7.78. The van der Waals surface area contributed by atoms with Gasteiger partial charge in [-0.1, -0.05) is 12.2 Å². The fourth-order valence-electron chi connectivity index (χ4n) is 3.04. The van der Waals surface area contributed by atoms with Gasteiger partial charge in [0.05, 0.1) is 0 Å². The number of allylic oxidation sites excluding steroid dienone is 2. The van der Waals surface area contributed by atoms with E-state index in [9.17, 15) is 9.59 Å². The Morgan fingerprint density at radius 2 is 1.88 bits per heavy atom. The smallest absolute Gasteiger partial charge is 0.313 e. The predicted octanol–water partition coefficient (Wildman–Crippen LogP) is 1.58. The molecule has 0 unspecified atom stereocenters. The monoisotopic (exact) mass is 349 g/mol. The zero-order chi connectivity index (χ0) is 17.6. The molecule has 0 atom stereocenters. The Balaban J connectivity index is 2.51. The summed E-state index contributed by atoms with van der Waals surface area (Å²) < 4.78 is 6.45. The molecule has 3 aromatic rings. The van der Waals surface area contributed by atoms with Crippen molar-refractivity contribution in [3.63, 3.8) is 0 Å². The topological polar surface area (TPSA) is 66.2 Å². The molecule has 0 amide bonds. The van der Waals surface area contributed by atoms with Crippen LogP contribution in [0.15, 0.2) is 21.7 Å². The van der Waals surface area contributed by atoms with Crippen LogP contribution < -0.4 is 11.2 Å². The first-order chi connectivity index (χ1) is 11.4. The minimum absolute atomic E-state index is 0.242. The summed E-state index contributed by atoms with van der Waals surface area (Å²) in [6.07, 6.45) is 3.60. The molecule has 0 spiro atoms. The highest BCUT2D eigenvalue weighted by molar-refractivity contribution is 6.17. The molecule has 0 fully saturated rings. The van der Waals surface area contributed by atoms with Crippen LogP contribution in [0.1, 0.15) is 18.3 Å². The zero-order valence-electron chi connectivity index (χ0n) is 14.2. The zero-order valence-corrected chi connectivity index (χ0v) is 15.0. The Labute approximate surface area is 143 Å². The number of imidazole rings is 2. The van der Waals surface area contributed by atoms with Crippen LogP contribution in [0.2, 0.25) is 0 Å². The maximum Gasteiger partial charge on any atom is 0.332 e. The Morgan fingerprint density at radius 1 is 1.17 bits per heavy atom. The van der Waals surface area contributed by atoms with Crippen molar-refractivity contribution in [1.82, 2.24) is 23.1 Å². The molecule has 0 saturated carbocycles. The molecule has 3 rings (SSSR count). The van der Waals surface area contributed by atoms with Gasteiger partial charge >= 0.3 is 5.69 Å². The van der Waals surface area contributed by atoms with E-state index in [0.29, 0.717) is 29.4 Å². The number of nitrogens with zero attached hydrogens (tertiary/aromatic N) is 5. The molecule has 0 aliphatic rings. The predicted molar refractivity (Wildman–Crippen MR) is 95.2 cm³/mol. The third kappa shape index (κ3) is 2.15. The lowest BCUT2D eigenvalue weighted by molar-refractivity contribution is 0.666. The minimum Gasteiger partial charge on any atom is -0.313 e. The van der Waals surface area contributed by atoms with Gasteiger partial charge in [0.15, 0.2) is 11.2 Å². The molecular weight excluding hydrogens is 330 g/mol. The third-order valence-electron chi connectivity index (χ3n) is 4.46. The molecule has 3 heterocycles. The first-order valence-corrected chi connectivity index (χ1v) is 8.32. The molecule has 0 saturated heterocycles. The Bertz CT molecular complexity index is 1080. The maximum absolute atomic E-state index is 12.9. The Morgan fingerprint density at radius 3 is 2.50 bits per heavy atom. The number of fused-ring (bicyclic) bond motifs is 3. The summed E-state index contributed by atoms with van der Waals surface area (Å²) in [7, 11) is 1.64. The number of hydrogen-bond acceptors (Lipinski definition) is 3. The van der Waals surface area contributed by atoms with Crippen LogP contribution >= 0.6 is 11.6 Å². The lowest BCUT2D eigenvalue weighted by Gasteiger charge is -2.06. The molecule has 0 N–H and O–H groups in total. The van der Waals surface area contributed by atoms with Crippen LogP contribution in [0.3, 0.4) is 0 Å². The molecule has 0 radical (unpaired) electrons. The van der Waals surface area contributed by atoms with Gasteiger partial charge in [-0.25, -0.2) is 4.79 Å². The number of aryl methyl sites for hydroxylation is 3. The number of hydrogen-bond donors (Lipinski definition) is 0. The SMILES string of the molecule is CC=CCn1c(=O)c2c(nc3n(CCCl)c(C)c(C)n23)n(C)c1=O. The van der Waals surface area contributed by atoms with Gasteiger partial charge in [0, 0.05) is 37.4 Å². The minimum atomic E-state index is -0.371. The van der Waals surface area contributed by atoms with E-state index in [4.69, 9.17) is 11.6 Å². The highest BCUT2D eigenvalue weighted by Crippen LogP contribution is 2.20. The van der Waals surface area contributed by atoms with Crippen molar-refractivity contribution in [2.75, 3.05) is 5.88 Å². The van der Waals surface area contributed by atoms with Gasteiger partial charge < -0.3 is 4.57 Å². The molecule has 24 heavy (non-hydrogen) atoms.